The van der Waals surface area contributed by atoms with Gasteiger partial charge >= 0.3 is 0 Å². The molecule has 0 radical (unpaired) electrons. The lowest BCUT2D eigenvalue weighted by atomic mass is 10.0. The normalized spacial score (nSPS) is 25.0. The van der Waals surface area contributed by atoms with Gasteiger partial charge in [0.25, 0.3) is 0 Å². The number of epoxide rings is 2. The highest BCUT2D eigenvalue weighted by Gasteiger charge is 2.43. The molecule has 4 unspecified atom stereocenters. The number of benzene rings is 2. The number of halogens is 2. The van der Waals surface area contributed by atoms with E-state index in [9.17, 15) is 8.78 Å². The first-order valence-electron chi connectivity index (χ1n) is 7.61. The molecular formula is C18H16F2O3. The fourth-order valence-corrected chi connectivity index (χ4v) is 2.75. The molecule has 4 rings (SSSR count). The standard InChI is InChI=1S/C18H16F2O3/c19-13-7-3-1-5-11(13)17(15-9-21-15)23-18(16-10-22-16)12-6-2-4-8-14(12)20/h1-8,15-18H,9-10H2. The summed E-state index contributed by atoms with van der Waals surface area (Å²) >= 11 is 0. The van der Waals surface area contributed by atoms with Crippen molar-refractivity contribution in [2.75, 3.05) is 13.2 Å². The van der Waals surface area contributed by atoms with Crippen molar-refractivity contribution in [3.63, 3.8) is 0 Å². The molecule has 0 bridgehead atoms. The van der Waals surface area contributed by atoms with E-state index >= 15 is 0 Å². The SMILES string of the molecule is Fc1ccccc1C(OC(c1ccccc1F)C1CO1)C1CO1. The molecule has 2 saturated heterocycles. The molecule has 23 heavy (non-hydrogen) atoms. The van der Waals surface area contributed by atoms with Crippen molar-refractivity contribution in [1.29, 1.82) is 0 Å². The minimum Gasteiger partial charge on any atom is -0.370 e. The van der Waals surface area contributed by atoms with Gasteiger partial charge in [0.15, 0.2) is 0 Å². The van der Waals surface area contributed by atoms with E-state index in [2.05, 4.69) is 0 Å². The number of rotatable bonds is 6. The Labute approximate surface area is 132 Å². The zero-order chi connectivity index (χ0) is 15.8. The third-order valence-corrected chi connectivity index (χ3v) is 4.11. The maximum Gasteiger partial charge on any atom is 0.129 e. The number of hydrogen-bond donors (Lipinski definition) is 0. The predicted octanol–water partition coefficient (Wildman–Crippen LogP) is 3.56. The van der Waals surface area contributed by atoms with Crippen molar-refractivity contribution in [1.82, 2.24) is 0 Å². The summed E-state index contributed by atoms with van der Waals surface area (Å²) in [5, 5.41) is 0. The fourth-order valence-electron chi connectivity index (χ4n) is 2.75. The Hall–Kier alpha value is -1.82. The molecule has 2 aliphatic rings. The smallest absolute Gasteiger partial charge is 0.129 e. The molecule has 0 N–H and O–H groups in total. The Morgan fingerprint density at radius 2 is 1.17 bits per heavy atom. The summed E-state index contributed by atoms with van der Waals surface area (Å²) in [6, 6.07) is 12.9. The van der Waals surface area contributed by atoms with Crippen LogP contribution in [0.25, 0.3) is 0 Å². The maximum atomic E-state index is 14.1. The maximum absolute atomic E-state index is 14.1. The van der Waals surface area contributed by atoms with E-state index in [1.54, 1.807) is 36.4 Å². The molecule has 2 heterocycles. The van der Waals surface area contributed by atoms with Gasteiger partial charge in [-0.25, -0.2) is 8.78 Å². The van der Waals surface area contributed by atoms with E-state index in [0.717, 1.165) is 0 Å². The minimum atomic E-state index is -0.579. The molecule has 5 heteroatoms. The van der Waals surface area contributed by atoms with Crippen LogP contribution in [0.1, 0.15) is 23.3 Å². The lowest BCUT2D eigenvalue weighted by Crippen LogP contribution is -2.20. The van der Waals surface area contributed by atoms with Gasteiger partial charge in [-0.2, -0.15) is 0 Å². The summed E-state index contributed by atoms with van der Waals surface area (Å²) in [5.41, 5.74) is 0.856. The quantitative estimate of drug-likeness (QED) is 0.764. The summed E-state index contributed by atoms with van der Waals surface area (Å²) in [7, 11) is 0. The van der Waals surface area contributed by atoms with E-state index in [4.69, 9.17) is 14.2 Å². The third-order valence-electron chi connectivity index (χ3n) is 4.11. The van der Waals surface area contributed by atoms with Crippen LogP contribution in [0.15, 0.2) is 48.5 Å². The van der Waals surface area contributed by atoms with Gasteiger partial charge < -0.3 is 14.2 Å². The van der Waals surface area contributed by atoms with Crippen molar-refractivity contribution < 1.29 is 23.0 Å². The highest BCUT2D eigenvalue weighted by Crippen LogP contribution is 2.41. The molecule has 120 valence electrons. The van der Waals surface area contributed by atoms with Crippen molar-refractivity contribution in [2.24, 2.45) is 0 Å². The molecule has 2 aromatic rings. The molecule has 0 saturated carbocycles. The van der Waals surface area contributed by atoms with E-state index in [0.29, 0.717) is 24.3 Å². The Morgan fingerprint density at radius 3 is 1.52 bits per heavy atom. The molecular weight excluding hydrogens is 302 g/mol. The average Bonchev–Trinajstić information content (AvgIpc) is 3.44. The van der Waals surface area contributed by atoms with Gasteiger partial charge in [-0.15, -0.1) is 0 Å². The summed E-state index contributed by atoms with van der Waals surface area (Å²) in [6.07, 6.45) is -1.57. The van der Waals surface area contributed by atoms with E-state index in [-0.39, 0.29) is 23.8 Å². The molecule has 2 fully saturated rings. The lowest BCUT2D eigenvalue weighted by molar-refractivity contribution is -0.0448. The van der Waals surface area contributed by atoms with Crippen molar-refractivity contribution in [3.8, 4) is 0 Å². The van der Waals surface area contributed by atoms with E-state index in [1.807, 2.05) is 0 Å². The molecule has 0 amide bonds. The minimum absolute atomic E-state index is 0.208. The Morgan fingerprint density at radius 1 is 0.783 bits per heavy atom. The van der Waals surface area contributed by atoms with Crippen LogP contribution in [0.4, 0.5) is 8.78 Å². The molecule has 2 aliphatic heterocycles. The molecule has 4 atom stereocenters. The van der Waals surface area contributed by atoms with Gasteiger partial charge in [0.05, 0.1) is 13.2 Å². The van der Waals surface area contributed by atoms with E-state index < -0.39 is 12.2 Å². The zero-order valence-electron chi connectivity index (χ0n) is 12.3. The zero-order valence-corrected chi connectivity index (χ0v) is 12.3. The number of hydrogen-bond acceptors (Lipinski definition) is 3. The first-order chi connectivity index (χ1) is 11.2. The monoisotopic (exact) mass is 318 g/mol. The Kier molecular flexibility index (Phi) is 3.85. The highest BCUT2D eigenvalue weighted by molar-refractivity contribution is 5.25. The predicted molar refractivity (Wildman–Crippen MR) is 78.8 cm³/mol. The van der Waals surface area contributed by atoms with Crippen molar-refractivity contribution in [3.05, 3.63) is 71.3 Å². The van der Waals surface area contributed by atoms with Gasteiger partial charge in [0.1, 0.15) is 36.1 Å². The second-order valence-corrected chi connectivity index (χ2v) is 5.76. The molecule has 0 aromatic heterocycles. The number of ether oxygens (including phenoxy) is 3. The molecule has 0 aliphatic carbocycles. The topological polar surface area (TPSA) is 34.3 Å². The Balaban J connectivity index is 1.65. The van der Waals surface area contributed by atoms with Crippen LogP contribution >= 0.6 is 0 Å². The second-order valence-electron chi connectivity index (χ2n) is 5.76. The lowest BCUT2D eigenvalue weighted by Gasteiger charge is -2.24. The van der Waals surface area contributed by atoms with Crippen LogP contribution in [0.2, 0.25) is 0 Å². The van der Waals surface area contributed by atoms with Crippen LogP contribution in [-0.2, 0) is 14.2 Å². The fraction of sp³-hybridized carbons (Fsp3) is 0.333. The van der Waals surface area contributed by atoms with Gasteiger partial charge in [-0.05, 0) is 12.1 Å². The summed E-state index contributed by atoms with van der Waals surface area (Å²) in [5.74, 6) is -0.700. The van der Waals surface area contributed by atoms with E-state index in [1.165, 1.54) is 12.1 Å². The van der Waals surface area contributed by atoms with Crippen molar-refractivity contribution >= 4 is 0 Å². The summed E-state index contributed by atoms with van der Waals surface area (Å²) in [6.45, 7) is 1.02. The molecule has 0 spiro atoms. The van der Waals surface area contributed by atoms with Gasteiger partial charge in [0, 0.05) is 11.1 Å². The van der Waals surface area contributed by atoms with Gasteiger partial charge in [0.2, 0.25) is 0 Å². The van der Waals surface area contributed by atoms with Crippen LogP contribution in [0.3, 0.4) is 0 Å². The summed E-state index contributed by atoms with van der Waals surface area (Å²) < 4.78 is 45.0. The molecule has 2 aromatic carbocycles. The van der Waals surface area contributed by atoms with Crippen LogP contribution < -0.4 is 0 Å². The van der Waals surface area contributed by atoms with Crippen molar-refractivity contribution in [2.45, 2.75) is 24.4 Å². The van der Waals surface area contributed by atoms with Crippen LogP contribution in [0.5, 0.6) is 0 Å². The van der Waals surface area contributed by atoms with Crippen LogP contribution in [0, 0.1) is 11.6 Å². The summed E-state index contributed by atoms with van der Waals surface area (Å²) in [4.78, 5) is 0. The second kappa shape index (κ2) is 6.00. The first kappa shape index (κ1) is 14.8. The largest absolute Gasteiger partial charge is 0.370 e. The van der Waals surface area contributed by atoms with Gasteiger partial charge in [-0.3, -0.25) is 0 Å². The van der Waals surface area contributed by atoms with Crippen LogP contribution in [-0.4, -0.2) is 25.4 Å². The Bertz CT molecular complexity index is 639. The third kappa shape index (κ3) is 3.13. The molecule has 3 nitrogen and oxygen atoms in total. The highest BCUT2D eigenvalue weighted by atomic mass is 19.1. The first-order valence-corrected chi connectivity index (χ1v) is 7.61. The van der Waals surface area contributed by atoms with Gasteiger partial charge in [-0.1, -0.05) is 36.4 Å². The average molecular weight is 318 g/mol.